The number of ether oxygens (including phenoxy) is 4. The Balaban J connectivity index is 0.773. The van der Waals surface area contributed by atoms with Gasteiger partial charge in [0.25, 0.3) is 5.91 Å². The Morgan fingerprint density at radius 1 is 0.904 bits per heavy atom. The van der Waals surface area contributed by atoms with Crippen molar-refractivity contribution >= 4 is 46.0 Å². The fraction of sp³-hybridized carbons (Fsp3) is 0.734. The third-order valence-corrected chi connectivity index (χ3v) is 22.0. The van der Waals surface area contributed by atoms with Gasteiger partial charge in [0.15, 0.2) is 0 Å². The van der Waals surface area contributed by atoms with Crippen LogP contribution in [0.1, 0.15) is 116 Å². The zero-order chi connectivity index (χ0) is 57.1. The van der Waals surface area contributed by atoms with Crippen molar-refractivity contribution in [2.75, 3.05) is 116 Å². The Bertz CT molecular complexity index is 2960. The van der Waals surface area contributed by atoms with Crippen LogP contribution >= 0.6 is 0 Å². The summed E-state index contributed by atoms with van der Waals surface area (Å²) in [4.78, 5) is 78.9. The monoisotopic (exact) mass is 1140 g/mol. The van der Waals surface area contributed by atoms with Gasteiger partial charge >= 0.3 is 5.97 Å². The number of methoxy groups -OCH3 is 1. The Morgan fingerprint density at radius 3 is 2.42 bits per heavy atom. The van der Waals surface area contributed by atoms with E-state index >= 15 is 9.59 Å². The van der Waals surface area contributed by atoms with Gasteiger partial charge in [-0.05, 0) is 133 Å². The first kappa shape index (κ1) is 55.9. The molecule has 0 radical (unpaired) electrons. The van der Waals surface area contributed by atoms with Crippen molar-refractivity contribution in [1.82, 2.24) is 44.9 Å². The molecule has 1 unspecified atom stereocenters. The number of anilines is 2. The molecule has 11 fully saturated rings. The first-order chi connectivity index (χ1) is 40.2. The average Bonchev–Trinajstić information content (AvgIpc) is 2.25. The van der Waals surface area contributed by atoms with Crippen molar-refractivity contribution in [3.8, 4) is 11.3 Å². The van der Waals surface area contributed by atoms with Crippen molar-refractivity contribution in [3.05, 3.63) is 41.7 Å². The number of esters is 1. The first-order valence-electron chi connectivity index (χ1n) is 32.1. The number of carbonyl (C=O) groups is 4. The van der Waals surface area contributed by atoms with Crippen molar-refractivity contribution in [2.45, 2.75) is 166 Å². The number of fused-ring (bicyclic) bond motifs is 4. The van der Waals surface area contributed by atoms with Crippen LogP contribution in [0.4, 0.5) is 11.4 Å². The highest BCUT2D eigenvalue weighted by atomic mass is 16.5. The Morgan fingerprint density at radius 2 is 1.69 bits per heavy atom. The average molecular weight is 1140 g/mol. The van der Waals surface area contributed by atoms with Crippen LogP contribution in [-0.2, 0) is 51.1 Å². The molecule has 1 spiro atoms. The lowest BCUT2D eigenvalue weighted by Gasteiger charge is -2.53. The van der Waals surface area contributed by atoms with Gasteiger partial charge in [-0.1, -0.05) is 26.7 Å². The summed E-state index contributed by atoms with van der Waals surface area (Å²) in [7, 11) is 3.86. The summed E-state index contributed by atoms with van der Waals surface area (Å²) < 4.78 is 27.2. The maximum absolute atomic E-state index is 15.4. The number of nitrogens with zero attached hydrogens (tertiary/aromatic N) is 9. The number of hydrogen-bond acceptors (Lipinski definition) is 15. The zero-order valence-corrected chi connectivity index (χ0v) is 50.2. The third-order valence-electron chi connectivity index (χ3n) is 22.0. The zero-order valence-electron chi connectivity index (χ0n) is 50.2. The lowest BCUT2D eigenvalue weighted by atomic mass is 9.73. The van der Waals surface area contributed by atoms with Crippen LogP contribution < -0.4 is 20.5 Å². The van der Waals surface area contributed by atoms with E-state index in [-0.39, 0.29) is 84.3 Å². The van der Waals surface area contributed by atoms with E-state index in [2.05, 4.69) is 104 Å². The van der Waals surface area contributed by atoms with E-state index in [1.807, 2.05) is 6.20 Å². The van der Waals surface area contributed by atoms with E-state index in [4.69, 9.17) is 23.9 Å². The molecule has 8 saturated heterocycles. The minimum absolute atomic E-state index is 0.0239. The van der Waals surface area contributed by atoms with Gasteiger partial charge in [0, 0.05) is 124 Å². The van der Waals surface area contributed by atoms with Gasteiger partial charge in [0.05, 0.1) is 74.0 Å². The number of amides is 3. The molecule has 19 nitrogen and oxygen atoms in total. The molecule has 9 atom stereocenters. The molecule has 15 rings (SSSR count). The number of hydrazine groups is 1. The van der Waals surface area contributed by atoms with Crippen LogP contribution in [0, 0.1) is 28.6 Å². The van der Waals surface area contributed by atoms with Gasteiger partial charge in [-0.3, -0.25) is 43.9 Å². The number of morpholine rings is 1. The number of nitrogens with one attached hydrogen (secondary N) is 2. The number of piperazine rings is 1. The third kappa shape index (κ3) is 10.4. The Kier molecular flexibility index (Phi) is 14.9. The first-order valence-corrected chi connectivity index (χ1v) is 32.1. The Labute approximate surface area is 490 Å². The molecular weight excluding hydrogens is 1050 g/mol. The molecule has 9 aliphatic heterocycles. The quantitative estimate of drug-likeness (QED) is 0.179. The summed E-state index contributed by atoms with van der Waals surface area (Å²) >= 11 is 0. The van der Waals surface area contributed by atoms with Crippen LogP contribution in [0.25, 0.3) is 22.2 Å². The number of hydrogen-bond donors (Lipinski definition) is 2. The highest BCUT2D eigenvalue weighted by molar-refractivity contribution is 5.95. The Hall–Kier alpha value is -4.89. The van der Waals surface area contributed by atoms with Crippen molar-refractivity contribution in [1.29, 1.82) is 0 Å². The van der Waals surface area contributed by atoms with Gasteiger partial charge < -0.3 is 43.5 Å². The SMILES string of the molecule is CCn1c(-c2cc(N3CCN(C4COC4)CC3)cnc2[C@H](C)OC)c2c3cc(ccc31)N1CCO[C@@H](C[C@H](NC(=O)[C@H](C3CCCC3)N3CC[C@]4(CCN(C(=O)[C@H]5[C@@H](C6CC6)N5C)C4)C3)C(=O)N3N[C@H](C(=O)OCC(C)(C)C2)C2CC3C2)C1. The maximum atomic E-state index is 15.4. The smallest absolute Gasteiger partial charge is 0.325 e. The van der Waals surface area contributed by atoms with Crippen LogP contribution in [0.15, 0.2) is 30.5 Å². The standard InChI is InChI=1S/C64H91N11O8/c1-7-74-52-15-14-43-28-48(52)50(57(74)49-29-45(32-65-53(49)39(2)80-6)69-20-22-70(23-21-69)46-34-81-35-46)31-63(3,4)38-83-62(79)54-42-26-44(27-42)75(67-54)60(77)51(30-47-33-71(43)24-25-82-47)66-59(76)56(40-10-8-9-11-40)72-18-16-64(36-72)17-19-73(37-64)61(78)58-55(68(58)5)41-12-13-41/h14-15,28-29,32,39-42,44,46-47,51,54-56,58,67H,7-13,16-27,30-31,33-38H2,1-6H3,(H,66,76)/t39-,42?,44?,47-,51-,54-,55+,56-,58+,64-,68?/m0/s1. The normalized spacial score (nSPS) is 33.3. The fourth-order valence-corrected chi connectivity index (χ4v) is 16.8. The number of carbonyl (C=O) groups excluding carboxylic acids is 4. The summed E-state index contributed by atoms with van der Waals surface area (Å²) in [6, 6.07) is 8.04. The molecule has 11 heterocycles. The molecule has 2 aromatic heterocycles. The number of aryl methyl sites for hydroxylation is 1. The molecule has 3 saturated carbocycles. The molecule has 1 aromatic carbocycles. The number of aromatic nitrogens is 2. The molecular formula is C64H91N11O8. The van der Waals surface area contributed by atoms with Crippen molar-refractivity contribution in [3.63, 3.8) is 0 Å². The molecule has 12 aliphatic rings. The number of benzene rings is 1. The van der Waals surface area contributed by atoms with Crippen molar-refractivity contribution in [2.24, 2.45) is 28.6 Å². The fourth-order valence-electron chi connectivity index (χ4n) is 16.8. The lowest BCUT2D eigenvalue weighted by molar-refractivity contribution is -0.171. The second-order valence-corrected chi connectivity index (χ2v) is 28.0. The summed E-state index contributed by atoms with van der Waals surface area (Å²) in [6.45, 7) is 19.7. The molecule has 3 aromatic rings. The summed E-state index contributed by atoms with van der Waals surface area (Å²) in [5.74, 6) is 0.504. The topological polar surface area (TPSA) is 170 Å². The van der Waals surface area contributed by atoms with Gasteiger partial charge in [-0.15, -0.1) is 0 Å². The van der Waals surface area contributed by atoms with Gasteiger partial charge in [-0.2, -0.15) is 0 Å². The summed E-state index contributed by atoms with van der Waals surface area (Å²) in [5, 5.41) is 6.27. The molecule has 3 aliphatic carbocycles. The van der Waals surface area contributed by atoms with Crippen molar-refractivity contribution < 1.29 is 38.1 Å². The van der Waals surface area contributed by atoms with E-state index < -0.39 is 17.5 Å². The summed E-state index contributed by atoms with van der Waals surface area (Å²) in [5.41, 5.74) is 10.4. The molecule has 8 bridgehead atoms. The minimum Gasteiger partial charge on any atom is -0.464 e. The number of rotatable bonds is 12. The highest BCUT2D eigenvalue weighted by Gasteiger charge is 2.59. The van der Waals surface area contributed by atoms with E-state index in [1.54, 1.807) is 12.1 Å². The molecule has 450 valence electrons. The molecule has 2 N–H and O–H groups in total. The van der Waals surface area contributed by atoms with E-state index in [0.717, 1.165) is 150 Å². The second kappa shape index (κ2) is 22.1. The van der Waals surface area contributed by atoms with Gasteiger partial charge in [0.1, 0.15) is 18.1 Å². The van der Waals surface area contributed by atoms with E-state index in [9.17, 15) is 9.59 Å². The molecule has 19 heteroatoms. The lowest BCUT2D eigenvalue weighted by Crippen LogP contribution is -2.72. The molecule has 3 amide bonds. The number of cyclic esters (lactones) is 1. The predicted molar refractivity (Wildman–Crippen MR) is 316 cm³/mol. The number of pyridine rings is 1. The summed E-state index contributed by atoms with van der Waals surface area (Å²) in [6.07, 6.45) is 12.2. The van der Waals surface area contributed by atoms with Gasteiger partial charge in [0.2, 0.25) is 11.8 Å². The molecule has 83 heavy (non-hydrogen) atoms. The van der Waals surface area contributed by atoms with Gasteiger partial charge in [-0.25, -0.2) is 5.43 Å². The van der Waals surface area contributed by atoms with E-state index in [0.29, 0.717) is 57.0 Å². The predicted octanol–water partition coefficient (Wildman–Crippen LogP) is 5.23. The van der Waals surface area contributed by atoms with E-state index in [1.165, 1.54) is 18.4 Å². The highest BCUT2D eigenvalue weighted by Crippen LogP contribution is 2.49. The largest absolute Gasteiger partial charge is 0.464 e. The van der Waals surface area contributed by atoms with Crippen LogP contribution in [-0.4, -0.2) is 212 Å². The van der Waals surface area contributed by atoms with Crippen LogP contribution in [0.2, 0.25) is 0 Å². The maximum Gasteiger partial charge on any atom is 0.325 e. The minimum atomic E-state index is -0.897. The number of likely N-dealkylation sites (N-methyl/N-ethyl adjacent to an activating group) is 1. The van der Waals surface area contributed by atoms with Crippen LogP contribution in [0.3, 0.4) is 0 Å². The number of likely N-dealkylation sites (tertiary alicyclic amines) is 2. The van der Waals surface area contributed by atoms with Crippen LogP contribution in [0.5, 0.6) is 0 Å². The second-order valence-electron chi connectivity index (χ2n) is 28.0.